The monoisotopic (exact) mass is 364 g/mol. The summed E-state index contributed by atoms with van der Waals surface area (Å²) in [5.41, 5.74) is 4.00. The van der Waals surface area contributed by atoms with Crippen LogP contribution in [-0.2, 0) is 11.3 Å². The van der Waals surface area contributed by atoms with Crippen LogP contribution >= 0.6 is 11.6 Å². The van der Waals surface area contributed by atoms with Gasteiger partial charge in [0.15, 0.2) is 0 Å². The fourth-order valence-corrected chi connectivity index (χ4v) is 2.83. The molecule has 1 atom stereocenters. The third-order valence-corrected chi connectivity index (χ3v) is 4.55. The lowest BCUT2D eigenvalue weighted by atomic mass is 10.0. The smallest absolute Gasteiger partial charge is 0.241 e. The van der Waals surface area contributed by atoms with Gasteiger partial charge in [0.05, 0.1) is 6.04 Å². The third kappa shape index (κ3) is 4.72. The van der Waals surface area contributed by atoms with Gasteiger partial charge in [0.1, 0.15) is 0 Å². The molecule has 2 N–H and O–H groups in total. The minimum atomic E-state index is -0.341. The first-order valence-corrected chi connectivity index (χ1v) is 8.94. The lowest BCUT2D eigenvalue weighted by molar-refractivity contribution is -0.117. The maximum absolute atomic E-state index is 12.3. The fourth-order valence-electron chi connectivity index (χ4n) is 2.65. The van der Waals surface area contributed by atoms with Crippen LogP contribution < -0.4 is 10.6 Å². The van der Waals surface area contributed by atoms with Crippen LogP contribution in [0.2, 0.25) is 5.02 Å². The molecule has 1 amide bonds. The molecule has 3 aromatic rings. The highest BCUT2D eigenvalue weighted by atomic mass is 35.5. The Morgan fingerprint density at radius 1 is 0.923 bits per heavy atom. The minimum Gasteiger partial charge on any atom is -0.325 e. The quantitative estimate of drug-likeness (QED) is 0.637. The van der Waals surface area contributed by atoms with Gasteiger partial charge in [-0.1, -0.05) is 66.2 Å². The Hall–Kier alpha value is -2.62. The van der Waals surface area contributed by atoms with E-state index in [-0.39, 0.29) is 11.9 Å². The van der Waals surface area contributed by atoms with Crippen molar-refractivity contribution in [3.63, 3.8) is 0 Å². The van der Waals surface area contributed by atoms with E-state index in [4.69, 9.17) is 11.6 Å². The van der Waals surface area contributed by atoms with E-state index in [1.54, 1.807) is 0 Å². The molecule has 3 rings (SSSR count). The van der Waals surface area contributed by atoms with Crippen molar-refractivity contribution in [3.05, 3.63) is 89.4 Å². The van der Waals surface area contributed by atoms with Crippen LogP contribution in [0.15, 0.2) is 78.9 Å². The molecule has 0 fully saturated rings. The second-order valence-corrected chi connectivity index (χ2v) is 6.54. The number of hydrogen-bond acceptors (Lipinski definition) is 2. The van der Waals surface area contributed by atoms with Crippen molar-refractivity contribution in [2.75, 3.05) is 5.32 Å². The Balaban J connectivity index is 1.64. The maximum Gasteiger partial charge on any atom is 0.241 e. The summed E-state index contributed by atoms with van der Waals surface area (Å²) >= 11 is 6.34. The van der Waals surface area contributed by atoms with Crippen molar-refractivity contribution in [1.29, 1.82) is 0 Å². The largest absolute Gasteiger partial charge is 0.325 e. The second-order valence-electron chi connectivity index (χ2n) is 6.13. The second kappa shape index (κ2) is 8.65. The highest BCUT2D eigenvalue weighted by molar-refractivity contribution is 6.31. The van der Waals surface area contributed by atoms with Gasteiger partial charge in [-0.2, -0.15) is 0 Å². The number of hydrogen-bond donors (Lipinski definition) is 2. The standard InChI is InChI=1S/C22H21ClN2O/c1-16(22(26)25-20-10-6-3-7-11-20)24-15-19-14-18(12-13-21(19)23)17-8-4-2-5-9-17/h2-14,16,24H,15H2,1H3,(H,25,26). The molecule has 0 saturated carbocycles. The summed E-state index contributed by atoms with van der Waals surface area (Å²) in [6.45, 7) is 2.36. The average Bonchev–Trinajstić information content (AvgIpc) is 2.68. The van der Waals surface area contributed by atoms with Gasteiger partial charge in [-0.3, -0.25) is 4.79 Å². The number of halogens is 1. The summed E-state index contributed by atoms with van der Waals surface area (Å²) in [5.74, 6) is -0.0773. The van der Waals surface area contributed by atoms with Gasteiger partial charge in [0.25, 0.3) is 0 Å². The van der Waals surface area contributed by atoms with Crippen LogP contribution in [0.25, 0.3) is 11.1 Å². The van der Waals surface area contributed by atoms with E-state index in [1.807, 2.05) is 67.6 Å². The lowest BCUT2D eigenvalue weighted by Gasteiger charge is -2.15. The van der Waals surface area contributed by atoms with Crippen LogP contribution in [0, 0.1) is 0 Å². The zero-order valence-corrected chi connectivity index (χ0v) is 15.3. The van der Waals surface area contributed by atoms with E-state index in [9.17, 15) is 4.79 Å². The predicted octanol–water partition coefficient (Wildman–Crippen LogP) is 5.12. The number of anilines is 1. The van der Waals surface area contributed by atoms with Crippen LogP contribution in [0.5, 0.6) is 0 Å². The van der Waals surface area contributed by atoms with E-state index >= 15 is 0 Å². The van der Waals surface area contributed by atoms with E-state index in [0.717, 1.165) is 22.4 Å². The van der Waals surface area contributed by atoms with Gasteiger partial charge >= 0.3 is 0 Å². The number of benzene rings is 3. The van der Waals surface area contributed by atoms with Crippen LogP contribution in [0.4, 0.5) is 5.69 Å². The van der Waals surface area contributed by atoms with Gasteiger partial charge in [-0.15, -0.1) is 0 Å². The van der Waals surface area contributed by atoms with Gasteiger partial charge in [-0.25, -0.2) is 0 Å². The predicted molar refractivity (Wildman–Crippen MR) is 108 cm³/mol. The zero-order chi connectivity index (χ0) is 18.4. The van der Waals surface area contributed by atoms with Crippen molar-refractivity contribution in [1.82, 2.24) is 5.32 Å². The zero-order valence-electron chi connectivity index (χ0n) is 14.6. The first-order chi connectivity index (χ1) is 12.6. The van der Waals surface area contributed by atoms with Crippen LogP contribution in [0.3, 0.4) is 0 Å². The normalized spacial score (nSPS) is 11.8. The molecule has 0 spiro atoms. The van der Waals surface area contributed by atoms with Gasteiger partial charge in [0, 0.05) is 17.3 Å². The number of amides is 1. The molecular weight excluding hydrogens is 344 g/mol. The summed E-state index contributed by atoms with van der Waals surface area (Å²) < 4.78 is 0. The third-order valence-electron chi connectivity index (χ3n) is 4.19. The molecule has 0 heterocycles. The molecule has 1 unspecified atom stereocenters. The number of rotatable bonds is 6. The Morgan fingerprint density at radius 2 is 1.58 bits per heavy atom. The summed E-state index contributed by atoms with van der Waals surface area (Å²) in [7, 11) is 0. The number of para-hydroxylation sites is 1. The number of carbonyl (C=O) groups excluding carboxylic acids is 1. The Kier molecular flexibility index (Phi) is 6.05. The Bertz CT molecular complexity index is 866. The SMILES string of the molecule is CC(NCc1cc(-c2ccccc2)ccc1Cl)C(=O)Nc1ccccc1. The lowest BCUT2D eigenvalue weighted by Crippen LogP contribution is -2.37. The summed E-state index contributed by atoms with van der Waals surface area (Å²) in [5, 5.41) is 6.83. The maximum atomic E-state index is 12.3. The minimum absolute atomic E-state index is 0.0773. The summed E-state index contributed by atoms with van der Waals surface area (Å²) in [6, 6.07) is 25.2. The fraction of sp³-hybridized carbons (Fsp3) is 0.136. The molecule has 0 radical (unpaired) electrons. The van der Waals surface area contributed by atoms with Gasteiger partial charge in [0.2, 0.25) is 5.91 Å². The van der Waals surface area contributed by atoms with Crippen molar-refractivity contribution >= 4 is 23.2 Å². The number of carbonyl (C=O) groups is 1. The molecule has 132 valence electrons. The molecule has 0 bridgehead atoms. The molecule has 26 heavy (non-hydrogen) atoms. The highest BCUT2D eigenvalue weighted by Gasteiger charge is 2.13. The van der Waals surface area contributed by atoms with Crippen LogP contribution in [-0.4, -0.2) is 11.9 Å². The van der Waals surface area contributed by atoms with Gasteiger partial charge < -0.3 is 10.6 Å². The first kappa shape index (κ1) is 18.2. The van der Waals surface area contributed by atoms with E-state index in [2.05, 4.69) is 28.8 Å². The molecule has 0 aliphatic heterocycles. The Morgan fingerprint density at radius 3 is 2.27 bits per heavy atom. The molecule has 4 heteroatoms. The van der Waals surface area contributed by atoms with E-state index in [0.29, 0.717) is 11.6 Å². The van der Waals surface area contributed by atoms with Gasteiger partial charge in [-0.05, 0) is 47.9 Å². The van der Waals surface area contributed by atoms with Crippen LogP contribution in [0.1, 0.15) is 12.5 Å². The molecule has 0 aromatic heterocycles. The van der Waals surface area contributed by atoms with E-state index < -0.39 is 0 Å². The van der Waals surface area contributed by atoms with Crippen molar-refractivity contribution in [2.24, 2.45) is 0 Å². The van der Waals surface area contributed by atoms with Crippen molar-refractivity contribution in [3.8, 4) is 11.1 Å². The summed E-state index contributed by atoms with van der Waals surface area (Å²) in [4.78, 5) is 12.3. The van der Waals surface area contributed by atoms with Crippen molar-refractivity contribution in [2.45, 2.75) is 19.5 Å². The molecule has 0 aliphatic rings. The molecule has 3 aromatic carbocycles. The topological polar surface area (TPSA) is 41.1 Å². The molecular formula is C22H21ClN2O. The molecule has 0 saturated heterocycles. The number of nitrogens with one attached hydrogen (secondary N) is 2. The Labute approximate surface area is 159 Å². The van der Waals surface area contributed by atoms with Crippen molar-refractivity contribution < 1.29 is 4.79 Å². The molecule has 3 nitrogen and oxygen atoms in total. The highest BCUT2D eigenvalue weighted by Crippen LogP contribution is 2.25. The molecule has 0 aliphatic carbocycles. The van der Waals surface area contributed by atoms with E-state index in [1.165, 1.54) is 0 Å². The average molecular weight is 365 g/mol. The first-order valence-electron chi connectivity index (χ1n) is 8.56. The summed E-state index contributed by atoms with van der Waals surface area (Å²) in [6.07, 6.45) is 0.